The van der Waals surface area contributed by atoms with Gasteiger partial charge in [0.25, 0.3) is 5.56 Å². The molecule has 1 aromatic carbocycles. The largest absolute Gasteiger partial charge is 0.311 e. The van der Waals surface area contributed by atoms with E-state index in [0.717, 1.165) is 16.5 Å². The van der Waals surface area contributed by atoms with Gasteiger partial charge in [0, 0.05) is 35.5 Å². The molecule has 0 amide bonds. The summed E-state index contributed by atoms with van der Waals surface area (Å²) >= 11 is 0. The van der Waals surface area contributed by atoms with Crippen LogP contribution in [0, 0.1) is 13.8 Å². The molecule has 15 heavy (non-hydrogen) atoms. The molecule has 79 valence electrons. The first-order valence-corrected chi connectivity index (χ1v) is 4.66. The third-order valence-electron chi connectivity index (χ3n) is 2.61. The van der Waals surface area contributed by atoms with Gasteiger partial charge in [-0.1, -0.05) is 11.6 Å². The standard InChI is InChI=1S/C12H13NO.Br/c1-8-4-5-11-10(6-8)9(2)7-12(14)13(11)3;/h4-7H,1-3H3;. The Morgan fingerprint density at radius 2 is 1.80 bits per heavy atom. The van der Waals surface area contributed by atoms with Crippen LogP contribution < -0.4 is 5.56 Å². The summed E-state index contributed by atoms with van der Waals surface area (Å²) in [7, 11) is 1.80. The van der Waals surface area contributed by atoms with Crippen molar-refractivity contribution in [2.75, 3.05) is 0 Å². The molecule has 2 rings (SSSR count). The molecule has 0 aliphatic carbocycles. The first kappa shape index (κ1) is 12.0. The molecule has 2 nitrogen and oxygen atoms in total. The number of benzene rings is 1. The van der Waals surface area contributed by atoms with Gasteiger partial charge in [-0.2, -0.15) is 0 Å². The lowest BCUT2D eigenvalue weighted by Gasteiger charge is -2.07. The first-order valence-electron chi connectivity index (χ1n) is 4.66. The van der Waals surface area contributed by atoms with E-state index in [1.165, 1.54) is 5.56 Å². The second kappa shape index (κ2) is 4.19. The SMILES string of the molecule is Cc1ccc2c(c1)c(C)cc(=O)n2C.[Br]. The second-order valence-corrected chi connectivity index (χ2v) is 3.75. The van der Waals surface area contributed by atoms with E-state index in [0.29, 0.717) is 0 Å². The summed E-state index contributed by atoms with van der Waals surface area (Å²) in [6.45, 7) is 4.03. The minimum absolute atomic E-state index is 0. The normalized spacial score (nSPS) is 10.1. The maximum atomic E-state index is 11.5. The number of rotatable bonds is 0. The number of fused-ring (bicyclic) bond motifs is 1. The quantitative estimate of drug-likeness (QED) is 0.719. The van der Waals surface area contributed by atoms with Crippen molar-refractivity contribution in [3.63, 3.8) is 0 Å². The van der Waals surface area contributed by atoms with E-state index < -0.39 is 0 Å². The van der Waals surface area contributed by atoms with Crippen molar-refractivity contribution in [2.24, 2.45) is 7.05 Å². The highest BCUT2D eigenvalue weighted by atomic mass is 79.9. The molecular weight excluding hydrogens is 254 g/mol. The highest BCUT2D eigenvalue weighted by Gasteiger charge is 2.02. The lowest BCUT2D eigenvalue weighted by molar-refractivity contribution is 0.902. The molecule has 0 atom stereocenters. The van der Waals surface area contributed by atoms with E-state index in [2.05, 4.69) is 13.0 Å². The Labute approximate surface area is 99.3 Å². The Hall–Kier alpha value is -1.09. The molecule has 1 aromatic heterocycles. The van der Waals surface area contributed by atoms with Crippen LogP contribution in [-0.4, -0.2) is 4.57 Å². The molecule has 0 fully saturated rings. The number of pyridine rings is 1. The molecule has 0 bridgehead atoms. The summed E-state index contributed by atoms with van der Waals surface area (Å²) in [5, 5.41) is 1.16. The van der Waals surface area contributed by atoms with Crippen LogP contribution in [0.25, 0.3) is 10.9 Å². The molecule has 1 radical (unpaired) electrons. The fourth-order valence-electron chi connectivity index (χ4n) is 1.74. The van der Waals surface area contributed by atoms with E-state index in [-0.39, 0.29) is 22.5 Å². The van der Waals surface area contributed by atoms with Gasteiger partial charge in [-0.25, -0.2) is 0 Å². The average Bonchev–Trinajstić information content (AvgIpc) is 2.14. The van der Waals surface area contributed by atoms with Crippen LogP contribution in [0.3, 0.4) is 0 Å². The summed E-state index contributed by atoms with van der Waals surface area (Å²) in [5.74, 6) is 0. The fraction of sp³-hybridized carbons (Fsp3) is 0.250. The van der Waals surface area contributed by atoms with Gasteiger partial charge in [-0.15, -0.1) is 0 Å². The van der Waals surface area contributed by atoms with E-state index >= 15 is 0 Å². The van der Waals surface area contributed by atoms with Gasteiger partial charge in [0.15, 0.2) is 0 Å². The van der Waals surface area contributed by atoms with Crippen molar-refractivity contribution >= 4 is 27.9 Å². The van der Waals surface area contributed by atoms with E-state index in [1.807, 2.05) is 19.1 Å². The summed E-state index contributed by atoms with van der Waals surface area (Å²) in [6, 6.07) is 7.83. The molecule has 0 N–H and O–H groups in total. The fourth-order valence-corrected chi connectivity index (χ4v) is 1.74. The lowest BCUT2D eigenvalue weighted by atomic mass is 10.1. The molecule has 3 heteroatoms. The van der Waals surface area contributed by atoms with Crippen molar-refractivity contribution in [2.45, 2.75) is 13.8 Å². The van der Waals surface area contributed by atoms with Crippen LogP contribution in [0.1, 0.15) is 11.1 Å². The molecule has 2 aromatic rings. The predicted molar refractivity (Wildman–Crippen MR) is 67.6 cm³/mol. The van der Waals surface area contributed by atoms with Crippen LogP contribution in [-0.2, 0) is 7.05 Å². The number of aromatic nitrogens is 1. The highest BCUT2D eigenvalue weighted by Crippen LogP contribution is 2.16. The van der Waals surface area contributed by atoms with Gasteiger partial charge in [-0.3, -0.25) is 4.79 Å². The summed E-state index contributed by atoms with van der Waals surface area (Å²) in [5.41, 5.74) is 3.32. The number of halogens is 1. The van der Waals surface area contributed by atoms with Gasteiger partial charge in [-0.05, 0) is 31.5 Å². The van der Waals surface area contributed by atoms with Crippen molar-refractivity contribution in [3.8, 4) is 0 Å². The highest BCUT2D eigenvalue weighted by molar-refractivity contribution is 8.93. The minimum atomic E-state index is 0. The van der Waals surface area contributed by atoms with Gasteiger partial charge in [0.1, 0.15) is 0 Å². The molecule has 0 unspecified atom stereocenters. The number of nitrogens with zero attached hydrogens (tertiary/aromatic N) is 1. The Morgan fingerprint density at radius 1 is 1.13 bits per heavy atom. The molecule has 0 saturated heterocycles. The van der Waals surface area contributed by atoms with Gasteiger partial charge in [0.05, 0.1) is 5.52 Å². The third kappa shape index (κ3) is 1.97. The Kier molecular flexibility index (Phi) is 3.35. The zero-order valence-electron chi connectivity index (χ0n) is 9.04. The smallest absolute Gasteiger partial charge is 0.251 e. The van der Waals surface area contributed by atoms with Crippen LogP contribution in [0.5, 0.6) is 0 Å². The molecule has 0 saturated carbocycles. The summed E-state index contributed by atoms with van der Waals surface area (Å²) < 4.78 is 1.68. The maximum Gasteiger partial charge on any atom is 0.251 e. The monoisotopic (exact) mass is 266 g/mol. The zero-order valence-corrected chi connectivity index (χ0v) is 10.6. The predicted octanol–water partition coefficient (Wildman–Crippen LogP) is 3.00. The van der Waals surface area contributed by atoms with Crippen molar-refractivity contribution in [1.29, 1.82) is 0 Å². The Balaban J connectivity index is 0.00000112. The van der Waals surface area contributed by atoms with Crippen molar-refractivity contribution in [1.82, 2.24) is 4.57 Å². The van der Waals surface area contributed by atoms with E-state index in [1.54, 1.807) is 17.7 Å². The Morgan fingerprint density at radius 3 is 2.47 bits per heavy atom. The average molecular weight is 267 g/mol. The molecule has 0 aliphatic rings. The second-order valence-electron chi connectivity index (χ2n) is 3.75. The van der Waals surface area contributed by atoms with Crippen LogP contribution in [0.4, 0.5) is 0 Å². The molecule has 0 spiro atoms. The summed E-state index contributed by atoms with van der Waals surface area (Å²) in [6.07, 6.45) is 0. The number of aryl methyl sites for hydroxylation is 3. The maximum absolute atomic E-state index is 11.5. The Bertz CT molecular complexity index is 557. The molecular formula is C12H13BrNO. The van der Waals surface area contributed by atoms with Crippen LogP contribution in [0.2, 0.25) is 0 Å². The van der Waals surface area contributed by atoms with Crippen LogP contribution in [0.15, 0.2) is 29.1 Å². The molecule has 0 aliphatic heterocycles. The zero-order chi connectivity index (χ0) is 10.3. The topological polar surface area (TPSA) is 22.0 Å². The number of hydrogen-bond donors (Lipinski definition) is 0. The van der Waals surface area contributed by atoms with Gasteiger partial charge in [0.2, 0.25) is 0 Å². The van der Waals surface area contributed by atoms with E-state index in [9.17, 15) is 4.79 Å². The summed E-state index contributed by atoms with van der Waals surface area (Å²) in [4.78, 5) is 11.5. The van der Waals surface area contributed by atoms with Gasteiger partial charge < -0.3 is 4.57 Å². The van der Waals surface area contributed by atoms with Crippen molar-refractivity contribution < 1.29 is 0 Å². The van der Waals surface area contributed by atoms with Gasteiger partial charge >= 0.3 is 0 Å². The van der Waals surface area contributed by atoms with Crippen molar-refractivity contribution in [3.05, 3.63) is 45.7 Å². The number of hydrogen-bond acceptors (Lipinski definition) is 1. The van der Waals surface area contributed by atoms with E-state index in [4.69, 9.17) is 0 Å². The minimum Gasteiger partial charge on any atom is -0.311 e. The molecule has 1 heterocycles. The lowest BCUT2D eigenvalue weighted by Crippen LogP contribution is -2.16. The first-order chi connectivity index (χ1) is 6.59. The third-order valence-corrected chi connectivity index (χ3v) is 2.61. The van der Waals surface area contributed by atoms with Crippen LogP contribution >= 0.6 is 17.0 Å².